The number of carbonyl (C=O) groups excluding carboxylic acids is 2. The maximum absolute atomic E-state index is 12.2. The van der Waals surface area contributed by atoms with Gasteiger partial charge in [-0.3, -0.25) is 9.59 Å². The molecule has 0 bridgehead atoms. The van der Waals surface area contributed by atoms with Crippen molar-refractivity contribution in [3.05, 3.63) is 48.0 Å². The van der Waals surface area contributed by atoms with Crippen LogP contribution in [0.5, 0.6) is 23.0 Å². The highest BCUT2D eigenvalue weighted by Gasteiger charge is 2.31. The van der Waals surface area contributed by atoms with Crippen LogP contribution in [0.15, 0.2) is 42.5 Å². The Morgan fingerprint density at radius 3 is 2.59 bits per heavy atom. The summed E-state index contributed by atoms with van der Waals surface area (Å²) in [5.74, 6) is 0.402. The maximum Gasteiger partial charge on any atom is 0.255 e. The van der Waals surface area contributed by atoms with Crippen molar-refractivity contribution in [2.24, 2.45) is 5.73 Å². The zero-order valence-electron chi connectivity index (χ0n) is 16.4. The molecule has 1 heterocycles. The third kappa shape index (κ3) is 5.19. The molecule has 152 valence electrons. The van der Waals surface area contributed by atoms with Gasteiger partial charge in [0.15, 0.2) is 29.6 Å². The lowest BCUT2D eigenvalue weighted by Gasteiger charge is -2.16. The van der Waals surface area contributed by atoms with Gasteiger partial charge >= 0.3 is 0 Å². The van der Waals surface area contributed by atoms with Gasteiger partial charge in [0.05, 0.1) is 7.11 Å². The summed E-state index contributed by atoms with van der Waals surface area (Å²) in [4.78, 5) is 23.1. The Balaban J connectivity index is 1.64. The summed E-state index contributed by atoms with van der Waals surface area (Å²) in [5.41, 5.74) is 6.38. The molecule has 0 saturated heterocycles. The van der Waals surface area contributed by atoms with E-state index in [0.29, 0.717) is 28.7 Å². The number of hydrogen-bond donors (Lipinski definition) is 2. The van der Waals surface area contributed by atoms with Crippen molar-refractivity contribution >= 4 is 23.6 Å². The zero-order chi connectivity index (χ0) is 21.0. The molecule has 29 heavy (non-hydrogen) atoms. The van der Waals surface area contributed by atoms with Crippen molar-refractivity contribution in [1.29, 1.82) is 0 Å². The van der Waals surface area contributed by atoms with E-state index < -0.39 is 11.7 Å². The van der Waals surface area contributed by atoms with E-state index in [9.17, 15) is 9.59 Å². The van der Waals surface area contributed by atoms with Crippen molar-refractivity contribution in [2.75, 3.05) is 19.0 Å². The van der Waals surface area contributed by atoms with Gasteiger partial charge in [-0.2, -0.15) is 0 Å². The van der Waals surface area contributed by atoms with E-state index in [-0.39, 0.29) is 12.5 Å². The molecule has 3 N–H and O–H groups in total. The lowest BCUT2D eigenvalue weighted by atomic mass is 10.2. The number of methoxy groups -OCH3 is 1. The molecule has 0 fully saturated rings. The number of rotatable bonds is 7. The Morgan fingerprint density at radius 1 is 1.10 bits per heavy atom. The van der Waals surface area contributed by atoms with E-state index in [1.807, 2.05) is 13.8 Å². The molecule has 0 saturated carbocycles. The van der Waals surface area contributed by atoms with Crippen LogP contribution >= 0.6 is 0 Å². The molecular weight excluding hydrogens is 376 g/mol. The number of carbonyl (C=O) groups is 2. The summed E-state index contributed by atoms with van der Waals surface area (Å²) in [6.45, 7) is 3.37. The first-order valence-electron chi connectivity index (χ1n) is 8.86. The summed E-state index contributed by atoms with van der Waals surface area (Å²) in [6, 6.07) is 10.2. The van der Waals surface area contributed by atoms with Crippen LogP contribution in [-0.4, -0.2) is 31.3 Å². The molecule has 8 nitrogen and oxygen atoms in total. The van der Waals surface area contributed by atoms with Crippen molar-refractivity contribution in [2.45, 2.75) is 19.6 Å². The first kappa shape index (κ1) is 20.1. The second-order valence-corrected chi connectivity index (χ2v) is 6.75. The molecule has 0 radical (unpaired) electrons. The van der Waals surface area contributed by atoms with Crippen LogP contribution in [0.1, 0.15) is 19.4 Å². The average molecular weight is 398 g/mol. The molecular formula is C21H22N2O6. The van der Waals surface area contributed by atoms with Crippen LogP contribution in [0.2, 0.25) is 0 Å². The van der Waals surface area contributed by atoms with Gasteiger partial charge in [0.1, 0.15) is 0 Å². The maximum atomic E-state index is 12.2. The summed E-state index contributed by atoms with van der Waals surface area (Å²) >= 11 is 0. The van der Waals surface area contributed by atoms with Gasteiger partial charge in [0.2, 0.25) is 11.7 Å². The van der Waals surface area contributed by atoms with Gasteiger partial charge in [0.25, 0.3) is 5.91 Å². The van der Waals surface area contributed by atoms with Gasteiger partial charge < -0.3 is 30.0 Å². The Kier molecular flexibility index (Phi) is 5.63. The second kappa shape index (κ2) is 8.14. The van der Waals surface area contributed by atoms with Gasteiger partial charge in [-0.05, 0) is 35.9 Å². The third-order valence-corrected chi connectivity index (χ3v) is 3.91. The largest absolute Gasteiger partial charge is 0.493 e. The Hall–Kier alpha value is -3.68. The lowest BCUT2D eigenvalue weighted by molar-refractivity contribution is -0.120. The van der Waals surface area contributed by atoms with Crippen molar-refractivity contribution < 1.29 is 28.5 Å². The Morgan fingerprint density at radius 2 is 1.86 bits per heavy atom. The fraction of sp³-hybridized carbons (Fsp3) is 0.238. The van der Waals surface area contributed by atoms with Crippen LogP contribution in [0, 0.1) is 0 Å². The van der Waals surface area contributed by atoms with Gasteiger partial charge in [-0.25, -0.2) is 0 Å². The smallest absolute Gasteiger partial charge is 0.255 e. The number of ether oxygens (including phenoxy) is 4. The van der Waals surface area contributed by atoms with Gasteiger partial charge in [-0.15, -0.1) is 0 Å². The van der Waals surface area contributed by atoms with E-state index in [2.05, 4.69) is 5.32 Å². The monoisotopic (exact) mass is 398 g/mol. The molecule has 8 heteroatoms. The average Bonchev–Trinajstić information content (AvgIpc) is 2.97. The topological polar surface area (TPSA) is 109 Å². The molecule has 1 aliphatic rings. The van der Waals surface area contributed by atoms with Crippen LogP contribution in [0.4, 0.5) is 5.69 Å². The second-order valence-electron chi connectivity index (χ2n) is 6.75. The fourth-order valence-electron chi connectivity index (χ4n) is 2.71. The number of nitrogens with two attached hydrogens (primary N) is 1. The minimum Gasteiger partial charge on any atom is -0.493 e. The molecule has 2 amide bonds. The molecule has 0 aromatic heterocycles. The number of fused-ring (bicyclic) bond motifs is 1. The van der Waals surface area contributed by atoms with Crippen molar-refractivity contribution in [3.8, 4) is 23.0 Å². The first-order chi connectivity index (χ1) is 13.8. The SMILES string of the molecule is COc1cc(C=CC(=O)Nc2ccc3c(c2)OC(C)(C)O3)ccc1OCC(N)=O. The molecule has 2 aromatic carbocycles. The highest BCUT2D eigenvalue weighted by atomic mass is 16.7. The fourth-order valence-corrected chi connectivity index (χ4v) is 2.71. The van der Waals surface area contributed by atoms with Crippen LogP contribution in [0.25, 0.3) is 6.08 Å². The van der Waals surface area contributed by atoms with E-state index in [0.717, 1.165) is 5.56 Å². The summed E-state index contributed by atoms with van der Waals surface area (Å²) in [6.07, 6.45) is 3.03. The summed E-state index contributed by atoms with van der Waals surface area (Å²) in [5, 5.41) is 2.77. The first-order valence-corrected chi connectivity index (χ1v) is 8.86. The number of primary amides is 1. The standard InChI is InChI=1S/C21H22N2O6/c1-21(2)28-16-8-6-14(11-18(16)29-21)23-20(25)9-5-13-4-7-15(17(10-13)26-3)27-12-19(22)24/h4-11H,12H2,1-3H3,(H2,22,24)(H,23,25). The molecule has 2 aromatic rings. The Labute approximate surface area is 168 Å². The van der Waals surface area contributed by atoms with Crippen LogP contribution < -0.4 is 30.0 Å². The molecule has 0 spiro atoms. The normalized spacial score (nSPS) is 13.9. The number of benzene rings is 2. The highest BCUT2D eigenvalue weighted by Crippen LogP contribution is 2.40. The Bertz CT molecular complexity index is 968. The molecule has 0 atom stereocenters. The van der Waals surface area contributed by atoms with Crippen LogP contribution in [-0.2, 0) is 9.59 Å². The van der Waals surface area contributed by atoms with E-state index in [1.54, 1.807) is 42.5 Å². The molecule has 0 unspecified atom stereocenters. The number of amides is 2. The number of nitrogens with one attached hydrogen (secondary N) is 1. The minimum absolute atomic E-state index is 0.249. The van der Waals surface area contributed by atoms with Crippen LogP contribution in [0.3, 0.4) is 0 Å². The third-order valence-electron chi connectivity index (χ3n) is 3.91. The number of hydrogen-bond acceptors (Lipinski definition) is 6. The molecule has 0 aliphatic carbocycles. The molecule has 1 aliphatic heterocycles. The quantitative estimate of drug-likeness (QED) is 0.694. The van der Waals surface area contributed by atoms with Gasteiger partial charge in [-0.1, -0.05) is 6.07 Å². The van der Waals surface area contributed by atoms with Crippen molar-refractivity contribution in [1.82, 2.24) is 0 Å². The van der Waals surface area contributed by atoms with E-state index >= 15 is 0 Å². The zero-order valence-corrected chi connectivity index (χ0v) is 16.4. The van der Waals surface area contributed by atoms with Gasteiger partial charge in [0, 0.05) is 31.7 Å². The minimum atomic E-state index is -0.725. The van der Waals surface area contributed by atoms with E-state index in [4.69, 9.17) is 24.7 Å². The van der Waals surface area contributed by atoms with E-state index in [1.165, 1.54) is 13.2 Å². The summed E-state index contributed by atoms with van der Waals surface area (Å²) < 4.78 is 21.8. The summed E-state index contributed by atoms with van der Waals surface area (Å²) in [7, 11) is 1.48. The predicted molar refractivity (Wildman–Crippen MR) is 107 cm³/mol. The predicted octanol–water partition coefficient (Wildman–Crippen LogP) is 2.72. The lowest BCUT2D eigenvalue weighted by Crippen LogP contribution is -2.29. The van der Waals surface area contributed by atoms with Crippen molar-refractivity contribution in [3.63, 3.8) is 0 Å². The highest BCUT2D eigenvalue weighted by molar-refractivity contribution is 6.02. The number of anilines is 1. The molecule has 3 rings (SSSR count).